The first-order valence-electron chi connectivity index (χ1n) is 8.18. The van der Waals surface area contributed by atoms with E-state index in [9.17, 15) is 0 Å². The number of likely N-dealkylation sites (tertiary alicyclic amines) is 1. The van der Waals surface area contributed by atoms with Gasteiger partial charge in [0.15, 0.2) is 5.96 Å². The minimum atomic E-state index is 0. The number of benzene rings is 1. The summed E-state index contributed by atoms with van der Waals surface area (Å²) in [6.07, 6.45) is 4.09. The fraction of sp³-hybridized carbons (Fsp3) is 0.444. The molecule has 1 atom stereocenters. The molecule has 3 rings (SSSR count). The molecule has 0 amide bonds. The van der Waals surface area contributed by atoms with E-state index in [-0.39, 0.29) is 24.0 Å². The molecule has 0 spiro atoms. The molecule has 4 nitrogen and oxygen atoms in total. The Hall–Kier alpha value is -1.15. The van der Waals surface area contributed by atoms with E-state index in [2.05, 4.69) is 57.4 Å². The number of nitrogens with zero attached hydrogens (tertiary/aromatic N) is 3. The van der Waals surface area contributed by atoms with Crippen LogP contribution in [0.5, 0.6) is 0 Å². The second kappa shape index (κ2) is 9.36. The number of hydrogen-bond donors (Lipinski definition) is 1. The molecule has 1 N–H and O–H groups in total. The summed E-state index contributed by atoms with van der Waals surface area (Å²) < 4.78 is 0. The van der Waals surface area contributed by atoms with Crippen molar-refractivity contribution in [3.63, 3.8) is 0 Å². The number of halogens is 1. The van der Waals surface area contributed by atoms with Crippen LogP contribution in [0.1, 0.15) is 27.8 Å². The predicted octanol–water partition coefficient (Wildman–Crippen LogP) is 3.68. The normalized spacial score (nSPS) is 17.7. The summed E-state index contributed by atoms with van der Waals surface area (Å²) in [5.74, 6) is 1.62. The van der Waals surface area contributed by atoms with Crippen molar-refractivity contribution in [3.8, 4) is 0 Å². The van der Waals surface area contributed by atoms with Gasteiger partial charge in [0, 0.05) is 50.1 Å². The number of aliphatic imine (C=N–C) groups is 1. The summed E-state index contributed by atoms with van der Waals surface area (Å²) in [4.78, 5) is 12.5. The van der Waals surface area contributed by atoms with E-state index in [0.29, 0.717) is 5.92 Å². The van der Waals surface area contributed by atoms with Gasteiger partial charge in [-0.2, -0.15) is 0 Å². The maximum atomic E-state index is 4.45. The van der Waals surface area contributed by atoms with Gasteiger partial charge in [0.05, 0.1) is 5.01 Å². The Kier molecular flexibility index (Phi) is 7.48. The molecule has 2 aromatic rings. The standard InChI is InChI=1S/C18H24N4S.HI/c1-14-12-21-17(23-14)8-10-20-18(19-2)22-11-9-16(13-22)15-6-4-3-5-7-15;/h3-7,12,16H,8-11,13H2,1-2H3,(H,19,20);1H. The lowest BCUT2D eigenvalue weighted by molar-refractivity contribution is 0.486. The molecular formula is C18H25IN4S. The fourth-order valence-corrected chi connectivity index (χ4v) is 3.87. The number of hydrogen-bond acceptors (Lipinski definition) is 3. The van der Waals surface area contributed by atoms with Gasteiger partial charge in [-0.15, -0.1) is 35.3 Å². The maximum Gasteiger partial charge on any atom is 0.193 e. The van der Waals surface area contributed by atoms with Crippen molar-refractivity contribution in [2.75, 3.05) is 26.7 Å². The Balaban J connectivity index is 0.00000208. The van der Waals surface area contributed by atoms with Crippen LogP contribution in [-0.4, -0.2) is 42.5 Å². The van der Waals surface area contributed by atoms with Gasteiger partial charge in [0.2, 0.25) is 0 Å². The highest BCUT2D eigenvalue weighted by Crippen LogP contribution is 2.26. The van der Waals surface area contributed by atoms with E-state index in [1.54, 1.807) is 11.3 Å². The van der Waals surface area contributed by atoms with Gasteiger partial charge in [-0.05, 0) is 18.9 Å². The number of nitrogens with one attached hydrogen (secondary N) is 1. The Morgan fingerprint density at radius 1 is 1.38 bits per heavy atom. The summed E-state index contributed by atoms with van der Waals surface area (Å²) in [5, 5.41) is 4.67. The van der Waals surface area contributed by atoms with E-state index in [0.717, 1.165) is 32.0 Å². The molecule has 1 aliphatic rings. The zero-order valence-corrected chi connectivity index (χ0v) is 17.4. The summed E-state index contributed by atoms with van der Waals surface area (Å²) in [6, 6.07) is 10.8. The molecule has 1 unspecified atom stereocenters. The minimum absolute atomic E-state index is 0. The molecule has 1 aromatic carbocycles. The molecular weight excluding hydrogens is 431 g/mol. The van der Waals surface area contributed by atoms with Crippen molar-refractivity contribution in [1.29, 1.82) is 0 Å². The van der Waals surface area contributed by atoms with Crippen molar-refractivity contribution >= 4 is 41.3 Å². The van der Waals surface area contributed by atoms with Crippen LogP contribution in [0.2, 0.25) is 0 Å². The topological polar surface area (TPSA) is 40.5 Å². The second-order valence-electron chi connectivity index (χ2n) is 5.93. The first kappa shape index (κ1) is 19.2. The van der Waals surface area contributed by atoms with Crippen LogP contribution in [0.4, 0.5) is 0 Å². The molecule has 0 aliphatic carbocycles. The van der Waals surface area contributed by atoms with Crippen molar-refractivity contribution in [1.82, 2.24) is 15.2 Å². The highest BCUT2D eigenvalue weighted by atomic mass is 127. The number of rotatable bonds is 4. The van der Waals surface area contributed by atoms with Gasteiger partial charge in [-0.25, -0.2) is 4.98 Å². The van der Waals surface area contributed by atoms with Gasteiger partial charge >= 0.3 is 0 Å². The molecule has 1 aromatic heterocycles. The van der Waals surface area contributed by atoms with E-state index < -0.39 is 0 Å². The van der Waals surface area contributed by atoms with E-state index in [1.807, 2.05) is 13.2 Å². The van der Waals surface area contributed by atoms with Crippen LogP contribution >= 0.6 is 35.3 Å². The average molecular weight is 456 g/mol. The highest BCUT2D eigenvalue weighted by molar-refractivity contribution is 14.0. The van der Waals surface area contributed by atoms with E-state index in [4.69, 9.17) is 0 Å². The number of guanidine groups is 1. The van der Waals surface area contributed by atoms with Crippen LogP contribution in [0.3, 0.4) is 0 Å². The first-order valence-corrected chi connectivity index (χ1v) is 9.00. The molecule has 2 heterocycles. The van der Waals surface area contributed by atoms with Crippen molar-refractivity contribution in [2.45, 2.75) is 25.7 Å². The Labute approximate surface area is 165 Å². The van der Waals surface area contributed by atoms with Crippen molar-refractivity contribution in [3.05, 3.63) is 52.0 Å². The van der Waals surface area contributed by atoms with Crippen molar-refractivity contribution < 1.29 is 0 Å². The Morgan fingerprint density at radius 3 is 2.83 bits per heavy atom. The SMILES string of the molecule is CN=C(NCCc1ncc(C)s1)N1CCC(c2ccccc2)C1.I. The van der Waals surface area contributed by atoms with E-state index >= 15 is 0 Å². The maximum absolute atomic E-state index is 4.45. The summed E-state index contributed by atoms with van der Waals surface area (Å²) in [7, 11) is 1.87. The van der Waals surface area contributed by atoms with Crippen LogP contribution in [0.25, 0.3) is 0 Å². The zero-order chi connectivity index (χ0) is 16.1. The average Bonchev–Trinajstić information content (AvgIpc) is 3.22. The highest BCUT2D eigenvalue weighted by Gasteiger charge is 2.25. The van der Waals surface area contributed by atoms with Gasteiger partial charge < -0.3 is 10.2 Å². The Morgan fingerprint density at radius 2 is 2.17 bits per heavy atom. The Bertz CT molecular complexity index is 656. The molecule has 6 heteroatoms. The second-order valence-corrected chi connectivity index (χ2v) is 7.25. The van der Waals surface area contributed by atoms with Gasteiger partial charge in [-0.3, -0.25) is 4.99 Å². The lowest BCUT2D eigenvalue weighted by Gasteiger charge is -2.21. The van der Waals surface area contributed by atoms with Crippen molar-refractivity contribution in [2.24, 2.45) is 4.99 Å². The third-order valence-electron chi connectivity index (χ3n) is 4.26. The number of thiazole rings is 1. The molecule has 1 saturated heterocycles. The molecule has 1 aliphatic heterocycles. The van der Waals surface area contributed by atoms with Gasteiger partial charge in [0.25, 0.3) is 0 Å². The number of aromatic nitrogens is 1. The molecule has 1 fully saturated rings. The van der Waals surface area contributed by atoms with E-state index in [1.165, 1.54) is 21.9 Å². The van der Waals surface area contributed by atoms with Gasteiger partial charge in [0.1, 0.15) is 0 Å². The van der Waals surface area contributed by atoms with Crippen LogP contribution in [-0.2, 0) is 6.42 Å². The fourth-order valence-electron chi connectivity index (χ4n) is 3.08. The largest absolute Gasteiger partial charge is 0.356 e. The summed E-state index contributed by atoms with van der Waals surface area (Å²) in [5.41, 5.74) is 1.43. The molecule has 24 heavy (non-hydrogen) atoms. The zero-order valence-electron chi connectivity index (χ0n) is 14.2. The monoisotopic (exact) mass is 456 g/mol. The molecule has 130 valence electrons. The smallest absolute Gasteiger partial charge is 0.193 e. The predicted molar refractivity (Wildman–Crippen MR) is 113 cm³/mol. The third kappa shape index (κ3) is 4.92. The number of aryl methyl sites for hydroxylation is 1. The summed E-state index contributed by atoms with van der Waals surface area (Å²) in [6.45, 7) is 5.09. The quantitative estimate of drug-likeness (QED) is 0.434. The third-order valence-corrected chi connectivity index (χ3v) is 5.23. The lowest BCUT2D eigenvalue weighted by Crippen LogP contribution is -2.40. The van der Waals surface area contributed by atoms with Crippen LogP contribution in [0, 0.1) is 6.92 Å². The molecule has 0 bridgehead atoms. The lowest BCUT2D eigenvalue weighted by atomic mass is 9.99. The first-order chi connectivity index (χ1) is 11.3. The molecule has 0 saturated carbocycles. The van der Waals surface area contributed by atoms with Crippen LogP contribution < -0.4 is 5.32 Å². The minimum Gasteiger partial charge on any atom is -0.356 e. The van der Waals surface area contributed by atoms with Gasteiger partial charge in [-0.1, -0.05) is 30.3 Å². The van der Waals surface area contributed by atoms with Crippen LogP contribution in [0.15, 0.2) is 41.5 Å². The molecule has 0 radical (unpaired) electrons. The summed E-state index contributed by atoms with van der Waals surface area (Å²) >= 11 is 1.77.